The van der Waals surface area contributed by atoms with E-state index in [1.807, 2.05) is 31.2 Å². The van der Waals surface area contributed by atoms with E-state index in [1.54, 1.807) is 0 Å². The first-order valence-corrected chi connectivity index (χ1v) is 6.24. The van der Waals surface area contributed by atoms with Crippen LogP contribution in [0.25, 0.3) is 10.9 Å². The number of rotatable bonds is 2. The number of aromatic amines is 1. The maximum Gasteiger partial charge on any atom is 0.188 e. The van der Waals surface area contributed by atoms with Crippen LogP contribution in [-0.2, 0) is 0 Å². The Morgan fingerprint density at radius 1 is 1.28 bits per heavy atom. The van der Waals surface area contributed by atoms with Crippen LogP contribution in [0.3, 0.4) is 0 Å². The summed E-state index contributed by atoms with van der Waals surface area (Å²) in [5, 5.41) is 8.46. The Bertz CT molecular complexity index is 693. The summed E-state index contributed by atoms with van der Waals surface area (Å²) < 4.78 is 0. The predicted molar refractivity (Wildman–Crippen MR) is 71.4 cm³/mol. The molecule has 0 aliphatic carbocycles. The molecule has 0 bridgehead atoms. The standard InChI is InChI=1S/C12H11N5S/c1-7-4-11(18-12-14-6-15-17-12)9-5-8(13)2-3-10(9)16-7/h2-6H,13H2,1H3,(H,14,15,17). The SMILES string of the molecule is Cc1cc(Sc2ncn[nH]2)c2cc(N)ccc2n1. The van der Waals surface area contributed by atoms with Crippen LogP contribution in [-0.4, -0.2) is 20.2 Å². The maximum atomic E-state index is 5.83. The molecule has 0 spiro atoms. The number of nitrogen functional groups attached to an aromatic ring is 1. The third-order valence-corrected chi connectivity index (χ3v) is 3.47. The van der Waals surface area contributed by atoms with Crippen molar-refractivity contribution < 1.29 is 0 Å². The molecule has 0 atom stereocenters. The van der Waals surface area contributed by atoms with Gasteiger partial charge >= 0.3 is 0 Å². The fourth-order valence-electron chi connectivity index (χ4n) is 1.77. The van der Waals surface area contributed by atoms with Gasteiger partial charge in [0.1, 0.15) is 6.33 Å². The summed E-state index contributed by atoms with van der Waals surface area (Å²) >= 11 is 1.52. The van der Waals surface area contributed by atoms with Crippen molar-refractivity contribution in [3.05, 3.63) is 36.3 Å². The monoisotopic (exact) mass is 257 g/mol. The number of hydrogen-bond donors (Lipinski definition) is 2. The van der Waals surface area contributed by atoms with Crippen molar-refractivity contribution in [2.45, 2.75) is 17.0 Å². The molecule has 0 radical (unpaired) electrons. The molecular weight excluding hydrogens is 246 g/mol. The normalized spacial score (nSPS) is 10.9. The van der Waals surface area contributed by atoms with E-state index in [2.05, 4.69) is 20.2 Å². The van der Waals surface area contributed by atoms with Crippen LogP contribution in [0.5, 0.6) is 0 Å². The first-order valence-electron chi connectivity index (χ1n) is 5.42. The highest BCUT2D eigenvalue weighted by Crippen LogP contribution is 2.32. The van der Waals surface area contributed by atoms with Gasteiger partial charge in [0.2, 0.25) is 0 Å². The zero-order chi connectivity index (χ0) is 12.5. The number of hydrogen-bond acceptors (Lipinski definition) is 5. The molecule has 5 nitrogen and oxygen atoms in total. The molecule has 90 valence electrons. The minimum absolute atomic E-state index is 0.729. The molecule has 6 heteroatoms. The first kappa shape index (κ1) is 11.0. The highest BCUT2D eigenvalue weighted by atomic mass is 32.2. The van der Waals surface area contributed by atoms with E-state index in [4.69, 9.17) is 5.73 Å². The molecule has 2 heterocycles. The van der Waals surface area contributed by atoms with Crippen LogP contribution in [0.15, 0.2) is 40.6 Å². The average Bonchev–Trinajstić information content (AvgIpc) is 2.83. The summed E-state index contributed by atoms with van der Waals surface area (Å²) in [6.07, 6.45) is 1.49. The highest BCUT2D eigenvalue weighted by molar-refractivity contribution is 7.99. The summed E-state index contributed by atoms with van der Waals surface area (Å²) in [4.78, 5) is 9.68. The van der Waals surface area contributed by atoms with Crippen molar-refractivity contribution in [1.29, 1.82) is 0 Å². The number of fused-ring (bicyclic) bond motifs is 1. The van der Waals surface area contributed by atoms with Gasteiger partial charge in [0.15, 0.2) is 5.16 Å². The first-order chi connectivity index (χ1) is 8.72. The topological polar surface area (TPSA) is 80.5 Å². The van der Waals surface area contributed by atoms with Crippen LogP contribution in [0.2, 0.25) is 0 Å². The number of aromatic nitrogens is 4. The highest BCUT2D eigenvalue weighted by Gasteiger charge is 2.07. The predicted octanol–water partition coefficient (Wildman–Crippen LogP) is 2.39. The lowest BCUT2D eigenvalue weighted by Crippen LogP contribution is -1.90. The molecule has 1 aromatic carbocycles. The van der Waals surface area contributed by atoms with Gasteiger partial charge in [-0.1, -0.05) is 0 Å². The van der Waals surface area contributed by atoms with Gasteiger partial charge in [-0.05, 0) is 43.0 Å². The molecular formula is C12H11N5S. The van der Waals surface area contributed by atoms with E-state index >= 15 is 0 Å². The largest absolute Gasteiger partial charge is 0.399 e. The summed E-state index contributed by atoms with van der Waals surface area (Å²) in [7, 11) is 0. The summed E-state index contributed by atoms with van der Waals surface area (Å²) in [6.45, 7) is 1.97. The second-order valence-electron chi connectivity index (χ2n) is 3.93. The Hall–Kier alpha value is -2.08. The van der Waals surface area contributed by atoms with Crippen LogP contribution < -0.4 is 5.73 Å². The smallest absolute Gasteiger partial charge is 0.188 e. The van der Waals surface area contributed by atoms with Gasteiger partial charge in [0.05, 0.1) is 5.52 Å². The molecule has 3 aromatic rings. The van der Waals surface area contributed by atoms with E-state index in [9.17, 15) is 0 Å². The van der Waals surface area contributed by atoms with Crippen LogP contribution in [0.4, 0.5) is 5.69 Å². The van der Waals surface area contributed by atoms with Crippen LogP contribution >= 0.6 is 11.8 Å². The maximum absolute atomic E-state index is 5.83. The van der Waals surface area contributed by atoms with E-state index in [-0.39, 0.29) is 0 Å². The molecule has 0 saturated heterocycles. The lowest BCUT2D eigenvalue weighted by Gasteiger charge is -2.06. The van der Waals surface area contributed by atoms with Crippen molar-refractivity contribution in [1.82, 2.24) is 20.2 Å². The Morgan fingerprint density at radius 2 is 2.17 bits per heavy atom. The lowest BCUT2D eigenvalue weighted by molar-refractivity contribution is 0.973. The van der Waals surface area contributed by atoms with Gasteiger partial charge in [-0.2, -0.15) is 5.10 Å². The number of nitrogens with one attached hydrogen (secondary N) is 1. The van der Waals surface area contributed by atoms with Crippen molar-refractivity contribution >= 4 is 28.4 Å². The van der Waals surface area contributed by atoms with E-state index < -0.39 is 0 Å². The molecule has 18 heavy (non-hydrogen) atoms. The zero-order valence-electron chi connectivity index (χ0n) is 9.71. The Morgan fingerprint density at radius 3 is 2.94 bits per heavy atom. The molecule has 0 aliphatic rings. The minimum Gasteiger partial charge on any atom is -0.399 e. The second kappa shape index (κ2) is 4.30. The molecule has 0 fully saturated rings. The number of nitrogens with zero attached hydrogens (tertiary/aromatic N) is 3. The number of aryl methyl sites for hydroxylation is 1. The van der Waals surface area contributed by atoms with E-state index in [1.165, 1.54) is 18.1 Å². The van der Waals surface area contributed by atoms with Gasteiger partial charge in [-0.25, -0.2) is 4.98 Å². The minimum atomic E-state index is 0.729. The second-order valence-corrected chi connectivity index (χ2v) is 4.96. The lowest BCUT2D eigenvalue weighted by atomic mass is 10.2. The molecule has 0 amide bonds. The summed E-state index contributed by atoms with van der Waals surface area (Å²) in [5.41, 5.74) is 8.46. The fourth-order valence-corrected chi connectivity index (χ4v) is 2.68. The third-order valence-electron chi connectivity index (χ3n) is 2.52. The molecule has 0 aliphatic heterocycles. The van der Waals surface area contributed by atoms with Gasteiger partial charge in [0.25, 0.3) is 0 Å². The Labute approximate surface area is 108 Å². The molecule has 0 saturated carbocycles. The molecule has 3 N–H and O–H groups in total. The fraction of sp³-hybridized carbons (Fsp3) is 0.0833. The average molecular weight is 257 g/mol. The number of benzene rings is 1. The molecule has 2 aromatic heterocycles. The van der Waals surface area contributed by atoms with E-state index in [0.717, 1.165) is 32.3 Å². The van der Waals surface area contributed by atoms with Gasteiger partial charge in [-0.15, -0.1) is 0 Å². The Balaban J connectivity index is 2.17. The summed E-state index contributed by atoms with van der Waals surface area (Å²) in [5.74, 6) is 0. The van der Waals surface area contributed by atoms with Crippen molar-refractivity contribution in [3.8, 4) is 0 Å². The number of H-pyrrole nitrogens is 1. The Kier molecular flexibility index (Phi) is 2.64. The third kappa shape index (κ3) is 2.02. The van der Waals surface area contributed by atoms with Crippen LogP contribution in [0.1, 0.15) is 5.69 Å². The number of anilines is 1. The molecule has 0 unspecified atom stereocenters. The van der Waals surface area contributed by atoms with Gasteiger partial charge in [-0.3, -0.25) is 10.1 Å². The van der Waals surface area contributed by atoms with Crippen LogP contribution in [0, 0.1) is 6.92 Å². The number of pyridine rings is 1. The number of nitrogens with two attached hydrogens (primary N) is 1. The quantitative estimate of drug-likeness (QED) is 0.689. The zero-order valence-corrected chi connectivity index (χ0v) is 10.5. The van der Waals surface area contributed by atoms with Gasteiger partial charge < -0.3 is 5.73 Å². The molecule has 3 rings (SSSR count). The van der Waals surface area contributed by atoms with Gasteiger partial charge in [0, 0.05) is 21.7 Å². The van der Waals surface area contributed by atoms with Crippen molar-refractivity contribution in [2.75, 3.05) is 5.73 Å². The van der Waals surface area contributed by atoms with Crippen molar-refractivity contribution in [2.24, 2.45) is 0 Å². The van der Waals surface area contributed by atoms with Crippen molar-refractivity contribution in [3.63, 3.8) is 0 Å². The summed E-state index contributed by atoms with van der Waals surface area (Å²) in [6, 6.07) is 7.75. The van der Waals surface area contributed by atoms with E-state index in [0.29, 0.717) is 0 Å².